The number of sulfone groups is 1. The third-order valence-corrected chi connectivity index (χ3v) is 9.24. The quantitative estimate of drug-likeness (QED) is 0.138. The summed E-state index contributed by atoms with van der Waals surface area (Å²) in [6, 6.07) is 15.7. The summed E-state index contributed by atoms with van der Waals surface area (Å²) in [5.41, 5.74) is 6.96. The van der Waals surface area contributed by atoms with Gasteiger partial charge in [0.05, 0.1) is 21.4 Å². The Morgan fingerprint density at radius 2 is 1.86 bits per heavy atom. The summed E-state index contributed by atoms with van der Waals surface area (Å²) < 4.78 is 44.1. The number of aromatic amines is 1. The minimum Gasteiger partial charge on any atom is -0.384 e. The number of nitrogens with one attached hydrogen (secondary N) is 1. The molecule has 3 heterocycles. The smallest absolute Gasteiger partial charge is 0.181 e. The fourth-order valence-corrected chi connectivity index (χ4v) is 6.32. The summed E-state index contributed by atoms with van der Waals surface area (Å²) in [5.74, 6) is -0.481. The van der Waals surface area contributed by atoms with Gasteiger partial charge in [-0.05, 0) is 84.3 Å². The molecule has 1 N–H and O–H groups in total. The van der Waals surface area contributed by atoms with Crippen molar-refractivity contribution < 1.29 is 17.5 Å². The number of nitrogens with zero attached hydrogens (tertiary/aromatic N) is 2. The Morgan fingerprint density at radius 1 is 1.07 bits per heavy atom. The molecule has 1 aliphatic rings. The van der Waals surface area contributed by atoms with E-state index in [9.17, 15) is 12.8 Å². The van der Waals surface area contributed by atoms with Crippen LogP contribution in [0.5, 0.6) is 0 Å². The summed E-state index contributed by atoms with van der Waals surface area (Å²) in [7, 11) is -1.76. The minimum atomic E-state index is -3.38. The van der Waals surface area contributed by atoms with Crippen LogP contribution >= 0.6 is 11.6 Å². The molecule has 5 rings (SSSR count). The largest absolute Gasteiger partial charge is 0.384 e. The number of rotatable bonds is 11. The van der Waals surface area contributed by atoms with E-state index in [1.165, 1.54) is 11.6 Å². The van der Waals surface area contributed by atoms with E-state index >= 15 is 0 Å². The molecule has 0 radical (unpaired) electrons. The lowest BCUT2D eigenvalue weighted by Crippen LogP contribution is -2.22. The van der Waals surface area contributed by atoms with Crippen molar-refractivity contribution in [2.24, 2.45) is 0 Å². The molecule has 4 aromatic rings. The Bertz CT molecular complexity index is 1750. The first kappa shape index (κ1) is 30.5. The molecule has 0 aliphatic carbocycles. The van der Waals surface area contributed by atoms with Gasteiger partial charge in [0.1, 0.15) is 5.82 Å². The van der Waals surface area contributed by atoms with Gasteiger partial charge in [0.15, 0.2) is 9.84 Å². The maximum atomic E-state index is 13.9. The SMILES string of the molecule is COCCC=CCS(=O)(=O)c1ccc(C=CN2CC=C(c3c[nH]c(-c4ccc(F)c(Cl)c4)c3-c3ccncc3)CC2)cc1. The molecule has 1 aliphatic heterocycles. The first-order chi connectivity index (χ1) is 20.9. The lowest BCUT2D eigenvalue weighted by Gasteiger charge is -2.25. The van der Waals surface area contributed by atoms with Gasteiger partial charge < -0.3 is 14.6 Å². The molecule has 222 valence electrons. The molecule has 2 aromatic carbocycles. The number of H-pyrrole nitrogens is 1. The molecule has 0 saturated heterocycles. The Morgan fingerprint density at radius 3 is 2.56 bits per heavy atom. The maximum Gasteiger partial charge on any atom is 0.181 e. The van der Waals surface area contributed by atoms with Crippen LogP contribution in [0.3, 0.4) is 0 Å². The second-order valence-electron chi connectivity index (χ2n) is 10.2. The third-order valence-electron chi connectivity index (χ3n) is 7.33. The van der Waals surface area contributed by atoms with Crippen molar-refractivity contribution >= 4 is 33.1 Å². The number of hydrogen-bond donors (Lipinski definition) is 1. The molecule has 6 nitrogen and oxygen atoms in total. The second kappa shape index (κ2) is 14.0. The van der Waals surface area contributed by atoms with Gasteiger partial charge >= 0.3 is 0 Å². The third kappa shape index (κ3) is 7.51. The highest BCUT2D eigenvalue weighted by Gasteiger charge is 2.20. The molecular formula is C34H33ClFN3O3S. The van der Waals surface area contributed by atoms with Crippen LogP contribution in [-0.4, -0.2) is 55.8 Å². The lowest BCUT2D eigenvalue weighted by molar-refractivity contribution is 0.204. The van der Waals surface area contributed by atoms with Gasteiger partial charge in [0.25, 0.3) is 0 Å². The zero-order valence-corrected chi connectivity index (χ0v) is 25.4. The average Bonchev–Trinajstić information content (AvgIpc) is 3.47. The molecule has 0 bridgehead atoms. The Balaban J connectivity index is 1.29. The van der Waals surface area contributed by atoms with Crippen molar-refractivity contribution in [2.45, 2.75) is 17.7 Å². The number of aromatic nitrogens is 2. The molecule has 9 heteroatoms. The fraction of sp³-hybridized carbons (Fsp3) is 0.206. The lowest BCUT2D eigenvalue weighted by atomic mass is 9.92. The number of methoxy groups -OCH3 is 1. The Hall–Kier alpha value is -3.98. The van der Waals surface area contributed by atoms with Crippen LogP contribution in [0, 0.1) is 5.82 Å². The number of ether oxygens (including phenoxy) is 1. The van der Waals surface area contributed by atoms with Crippen LogP contribution in [0.2, 0.25) is 5.02 Å². The van der Waals surface area contributed by atoms with Crippen molar-refractivity contribution in [3.05, 3.63) is 120 Å². The van der Waals surface area contributed by atoms with Crippen molar-refractivity contribution in [3.63, 3.8) is 0 Å². The number of benzene rings is 2. The van der Waals surface area contributed by atoms with Crippen molar-refractivity contribution in [1.29, 1.82) is 0 Å². The van der Waals surface area contributed by atoms with Crippen LogP contribution in [0.15, 0.2) is 103 Å². The molecule has 0 spiro atoms. The van der Waals surface area contributed by atoms with E-state index in [2.05, 4.69) is 20.9 Å². The van der Waals surface area contributed by atoms with Gasteiger partial charge in [-0.3, -0.25) is 4.98 Å². The van der Waals surface area contributed by atoms with E-state index in [0.29, 0.717) is 17.9 Å². The molecule has 0 saturated carbocycles. The predicted octanol–water partition coefficient (Wildman–Crippen LogP) is 7.66. The number of pyridine rings is 1. The van der Waals surface area contributed by atoms with E-state index in [-0.39, 0.29) is 10.8 Å². The van der Waals surface area contributed by atoms with Crippen LogP contribution in [-0.2, 0) is 14.6 Å². The van der Waals surface area contributed by atoms with Crippen LogP contribution in [0.25, 0.3) is 34.0 Å². The fourth-order valence-electron chi connectivity index (χ4n) is 5.01. The normalized spacial score (nSPS) is 14.1. The Labute approximate surface area is 257 Å². The molecule has 0 fully saturated rings. The Kier molecular flexibility index (Phi) is 9.92. The maximum absolute atomic E-state index is 13.9. The van der Waals surface area contributed by atoms with E-state index < -0.39 is 15.7 Å². The second-order valence-corrected chi connectivity index (χ2v) is 12.7. The van der Waals surface area contributed by atoms with Gasteiger partial charge in [-0.1, -0.05) is 42.0 Å². The molecule has 0 unspecified atom stereocenters. The van der Waals surface area contributed by atoms with Crippen LogP contribution < -0.4 is 0 Å². The van der Waals surface area contributed by atoms with Gasteiger partial charge in [0.2, 0.25) is 0 Å². The number of halogens is 2. The first-order valence-electron chi connectivity index (χ1n) is 14.0. The van der Waals surface area contributed by atoms with Crippen molar-refractivity contribution in [3.8, 4) is 22.4 Å². The zero-order chi connectivity index (χ0) is 30.2. The molecule has 0 amide bonds. The molecule has 2 aromatic heterocycles. The van der Waals surface area contributed by atoms with Crippen LogP contribution in [0.1, 0.15) is 24.0 Å². The van der Waals surface area contributed by atoms with E-state index in [4.69, 9.17) is 16.3 Å². The van der Waals surface area contributed by atoms with E-state index in [1.807, 2.05) is 48.8 Å². The van der Waals surface area contributed by atoms with Gasteiger partial charge in [-0.25, -0.2) is 12.8 Å². The molecular weight excluding hydrogens is 585 g/mol. The monoisotopic (exact) mass is 617 g/mol. The molecule has 0 atom stereocenters. The zero-order valence-electron chi connectivity index (χ0n) is 23.8. The van der Waals surface area contributed by atoms with E-state index in [1.54, 1.807) is 49.8 Å². The van der Waals surface area contributed by atoms with Gasteiger partial charge in [0, 0.05) is 62.1 Å². The summed E-state index contributed by atoms with van der Waals surface area (Å²) in [6.45, 7) is 2.12. The molecule has 43 heavy (non-hydrogen) atoms. The van der Waals surface area contributed by atoms with Crippen molar-refractivity contribution in [1.82, 2.24) is 14.9 Å². The summed E-state index contributed by atoms with van der Waals surface area (Å²) >= 11 is 6.11. The average molecular weight is 618 g/mol. The van der Waals surface area contributed by atoms with Gasteiger partial charge in [-0.15, -0.1) is 0 Å². The topological polar surface area (TPSA) is 75.3 Å². The highest BCUT2D eigenvalue weighted by Crippen LogP contribution is 2.40. The standard InChI is InChI=1S/C34H33ClFN3O3S/c1-42-21-3-2-4-22-43(40,41)29-8-5-25(6-9-29)13-18-39-19-14-26(15-20-39)30-24-38-34(28-7-10-32(36)31(35)23-28)33(30)27-11-16-37-17-12-27/h2,4-14,16-18,23-24,38H,3,15,19-22H2,1H3. The first-order valence-corrected chi connectivity index (χ1v) is 16.0. The summed E-state index contributed by atoms with van der Waals surface area (Å²) in [4.78, 5) is 10.1. The summed E-state index contributed by atoms with van der Waals surface area (Å²) in [6.07, 6.45) is 16.8. The predicted molar refractivity (Wildman–Crippen MR) is 172 cm³/mol. The highest BCUT2D eigenvalue weighted by atomic mass is 35.5. The number of hydrogen-bond acceptors (Lipinski definition) is 5. The summed E-state index contributed by atoms with van der Waals surface area (Å²) in [5, 5.41) is 0.0794. The highest BCUT2D eigenvalue weighted by molar-refractivity contribution is 7.91. The van der Waals surface area contributed by atoms with Crippen LogP contribution in [0.4, 0.5) is 4.39 Å². The minimum absolute atomic E-state index is 0.0303. The van der Waals surface area contributed by atoms with E-state index in [0.717, 1.165) is 53.0 Å². The van der Waals surface area contributed by atoms with Gasteiger partial charge in [-0.2, -0.15) is 0 Å². The van der Waals surface area contributed by atoms with Crippen molar-refractivity contribution in [2.75, 3.05) is 32.6 Å².